The number of hydrogen-bond acceptors (Lipinski definition) is 4. The molecule has 0 bridgehead atoms. The molecule has 0 saturated heterocycles. The molecule has 0 fully saturated rings. The van der Waals surface area contributed by atoms with Gasteiger partial charge in [0, 0.05) is 18.7 Å². The van der Waals surface area contributed by atoms with Crippen LogP contribution in [0.5, 0.6) is 0 Å². The summed E-state index contributed by atoms with van der Waals surface area (Å²) in [5, 5.41) is 1.15. The summed E-state index contributed by atoms with van der Waals surface area (Å²) in [6.07, 6.45) is 5.89. The van der Waals surface area contributed by atoms with Gasteiger partial charge in [-0.15, -0.1) is 11.3 Å². The number of hydrogen-bond donors (Lipinski definition) is 1. The number of thiazole rings is 1. The summed E-state index contributed by atoms with van der Waals surface area (Å²) in [4.78, 5) is 8.65. The van der Waals surface area contributed by atoms with E-state index >= 15 is 0 Å². The zero-order valence-electron chi connectivity index (χ0n) is 8.81. The molecular weight excluding hydrogens is 206 g/mol. The first-order valence-corrected chi connectivity index (χ1v) is 6.07. The molecule has 2 rings (SSSR count). The zero-order valence-corrected chi connectivity index (χ0v) is 9.63. The molecule has 0 aliphatic rings. The SMILES string of the molecule is CCCC(CN)c1nc2cnccc2s1. The topological polar surface area (TPSA) is 51.8 Å². The fraction of sp³-hybridized carbons (Fsp3) is 0.455. The molecule has 0 aliphatic heterocycles. The standard InChI is InChI=1S/C11H15N3S/c1-2-3-8(6-12)11-14-9-7-13-5-4-10(9)15-11/h4-5,7-8H,2-3,6,12H2,1H3. The first-order valence-electron chi connectivity index (χ1n) is 5.25. The van der Waals surface area contributed by atoms with Crippen molar-refractivity contribution in [1.82, 2.24) is 9.97 Å². The van der Waals surface area contributed by atoms with Crippen molar-refractivity contribution in [3.8, 4) is 0 Å². The molecule has 1 unspecified atom stereocenters. The molecule has 15 heavy (non-hydrogen) atoms. The van der Waals surface area contributed by atoms with Crippen LogP contribution in [0.15, 0.2) is 18.5 Å². The van der Waals surface area contributed by atoms with E-state index in [1.807, 2.05) is 18.5 Å². The van der Waals surface area contributed by atoms with Crippen molar-refractivity contribution in [1.29, 1.82) is 0 Å². The molecule has 2 heterocycles. The molecule has 0 radical (unpaired) electrons. The molecule has 4 heteroatoms. The van der Waals surface area contributed by atoms with Crippen LogP contribution >= 0.6 is 11.3 Å². The number of fused-ring (bicyclic) bond motifs is 1. The van der Waals surface area contributed by atoms with Crippen LogP contribution in [-0.2, 0) is 0 Å². The average molecular weight is 221 g/mol. The van der Waals surface area contributed by atoms with Crippen LogP contribution in [0.1, 0.15) is 30.7 Å². The molecule has 3 nitrogen and oxygen atoms in total. The van der Waals surface area contributed by atoms with Crippen molar-refractivity contribution in [2.45, 2.75) is 25.7 Å². The van der Waals surface area contributed by atoms with E-state index in [0.29, 0.717) is 12.5 Å². The van der Waals surface area contributed by atoms with Crippen molar-refractivity contribution >= 4 is 21.6 Å². The monoisotopic (exact) mass is 221 g/mol. The highest BCUT2D eigenvalue weighted by Gasteiger charge is 2.13. The van der Waals surface area contributed by atoms with Gasteiger partial charge < -0.3 is 5.73 Å². The lowest BCUT2D eigenvalue weighted by Crippen LogP contribution is -2.11. The second-order valence-electron chi connectivity index (χ2n) is 3.62. The van der Waals surface area contributed by atoms with E-state index < -0.39 is 0 Å². The molecule has 2 N–H and O–H groups in total. The van der Waals surface area contributed by atoms with Crippen LogP contribution in [0.4, 0.5) is 0 Å². The Morgan fingerprint density at radius 2 is 2.40 bits per heavy atom. The smallest absolute Gasteiger partial charge is 0.0998 e. The van der Waals surface area contributed by atoms with Gasteiger partial charge in [-0.1, -0.05) is 13.3 Å². The minimum atomic E-state index is 0.410. The Balaban J connectivity index is 2.34. The van der Waals surface area contributed by atoms with Gasteiger partial charge in [0.15, 0.2) is 0 Å². The van der Waals surface area contributed by atoms with Gasteiger partial charge in [-0.2, -0.15) is 0 Å². The molecule has 2 aromatic rings. The van der Waals surface area contributed by atoms with E-state index in [0.717, 1.165) is 23.4 Å². The molecule has 0 aromatic carbocycles. The van der Waals surface area contributed by atoms with Gasteiger partial charge in [0.05, 0.1) is 21.4 Å². The fourth-order valence-electron chi connectivity index (χ4n) is 1.66. The number of nitrogens with two attached hydrogens (primary N) is 1. The van der Waals surface area contributed by atoms with Crippen molar-refractivity contribution in [2.24, 2.45) is 5.73 Å². The summed E-state index contributed by atoms with van der Waals surface area (Å²) in [6, 6.07) is 2.01. The summed E-state index contributed by atoms with van der Waals surface area (Å²) in [7, 11) is 0. The number of aromatic nitrogens is 2. The predicted octanol–water partition coefficient (Wildman–Crippen LogP) is 2.53. The highest BCUT2D eigenvalue weighted by atomic mass is 32.1. The van der Waals surface area contributed by atoms with E-state index in [9.17, 15) is 0 Å². The lowest BCUT2D eigenvalue weighted by atomic mass is 10.1. The van der Waals surface area contributed by atoms with Crippen LogP contribution in [0, 0.1) is 0 Å². The number of pyridine rings is 1. The maximum Gasteiger partial charge on any atom is 0.0998 e. The van der Waals surface area contributed by atoms with Crippen molar-refractivity contribution in [3.05, 3.63) is 23.5 Å². The zero-order chi connectivity index (χ0) is 10.7. The molecule has 0 spiro atoms. The Labute approximate surface area is 93.4 Å². The minimum Gasteiger partial charge on any atom is -0.330 e. The van der Waals surface area contributed by atoms with E-state index in [1.54, 1.807) is 11.3 Å². The highest BCUT2D eigenvalue weighted by Crippen LogP contribution is 2.28. The molecule has 80 valence electrons. The summed E-state index contributed by atoms with van der Waals surface area (Å²) in [6.45, 7) is 2.86. The maximum absolute atomic E-state index is 5.76. The second-order valence-corrected chi connectivity index (χ2v) is 4.68. The van der Waals surface area contributed by atoms with E-state index in [-0.39, 0.29) is 0 Å². The third kappa shape index (κ3) is 2.16. The Morgan fingerprint density at radius 3 is 3.07 bits per heavy atom. The first kappa shape index (κ1) is 10.5. The van der Waals surface area contributed by atoms with Gasteiger partial charge in [0.2, 0.25) is 0 Å². The Kier molecular flexibility index (Phi) is 3.28. The predicted molar refractivity (Wildman–Crippen MR) is 64.1 cm³/mol. The van der Waals surface area contributed by atoms with Crippen molar-refractivity contribution < 1.29 is 0 Å². The molecular formula is C11H15N3S. The first-order chi connectivity index (χ1) is 7.35. The molecule has 0 saturated carbocycles. The van der Waals surface area contributed by atoms with Gasteiger partial charge in [0.25, 0.3) is 0 Å². The molecule has 0 amide bonds. The van der Waals surface area contributed by atoms with Crippen molar-refractivity contribution in [2.75, 3.05) is 6.54 Å². The van der Waals surface area contributed by atoms with E-state index in [1.165, 1.54) is 4.70 Å². The second kappa shape index (κ2) is 4.68. The van der Waals surface area contributed by atoms with Gasteiger partial charge in [-0.3, -0.25) is 4.98 Å². The molecule has 1 atom stereocenters. The van der Waals surface area contributed by atoms with Crippen molar-refractivity contribution in [3.63, 3.8) is 0 Å². The van der Waals surface area contributed by atoms with Gasteiger partial charge in [0.1, 0.15) is 0 Å². The number of nitrogens with zero attached hydrogens (tertiary/aromatic N) is 2. The van der Waals surface area contributed by atoms with Crippen LogP contribution in [-0.4, -0.2) is 16.5 Å². The highest BCUT2D eigenvalue weighted by molar-refractivity contribution is 7.18. The fourth-order valence-corrected chi connectivity index (χ4v) is 2.74. The van der Waals surface area contributed by atoms with Crippen LogP contribution in [0.3, 0.4) is 0 Å². The normalized spacial score (nSPS) is 13.2. The number of rotatable bonds is 4. The Hall–Kier alpha value is -1.00. The molecule has 0 aliphatic carbocycles. The van der Waals surface area contributed by atoms with Gasteiger partial charge >= 0.3 is 0 Å². The van der Waals surface area contributed by atoms with Crippen LogP contribution < -0.4 is 5.73 Å². The lowest BCUT2D eigenvalue weighted by molar-refractivity contribution is 0.620. The largest absolute Gasteiger partial charge is 0.330 e. The summed E-state index contributed by atoms with van der Waals surface area (Å²) < 4.78 is 1.20. The van der Waals surface area contributed by atoms with Crippen LogP contribution in [0.25, 0.3) is 10.2 Å². The minimum absolute atomic E-state index is 0.410. The summed E-state index contributed by atoms with van der Waals surface area (Å²) in [5.41, 5.74) is 6.76. The van der Waals surface area contributed by atoms with Crippen LogP contribution in [0.2, 0.25) is 0 Å². The van der Waals surface area contributed by atoms with Gasteiger partial charge in [-0.05, 0) is 12.5 Å². The quantitative estimate of drug-likeness (QED) is 0.863. The van der Waals surface area contributed by atoms with Gasteiger partial charge in [-0.25, -0.2) is 4.98 Å². The Bertz CT molecular complexity index is 405. The Morgan fingerprint density at radius 1 is 1.53 bits per heavy atom. The van der Waals surface area contributed by atoms with E-state index in [4.69, 9.17) is 5.73 Å². The summed E-state index contributed by atoms with van der Waals surface area (Å²) in [5.74, 6) is 0.410. The lowest BCUT2D eigenvalue weighted by Gasteiger charge is -2.08. The third-order valence-corrected chi connectivity index (χ3v) is 3.68. The maximum atomic E-state index is 5.76. The average Bonchev–Trinajstić information content (AvgIpc) is 2.69. The summed E-state index contributed by atoms with van der Waals surface area (Å²) >= 11 is 1.74. The van der Waals surface area contributed by atoms with E-state index in [2.05, 4.69) is 16.9 Å². The third-order valence-electron chi connectivity index (χ3n) is 2.48. The molecule has 2 aromatic heterocycles.